The third kappa shape index (κ3) is 2.92. The molecule has 4 heteroatoms. The van der Waals surface area contributed by atoms with Gasteiger partial charge in [0, 0.05) is 44.1 Å². The molecule has 1 heterocycles. The Morgan fingerprint density at radius 2 is 1.89 bits per heavy atom. The predicted octanol–water partition coefficient (Wildman–Crippen LogP) is 3.41. The zero-order valence-electron chi connectivity index (χ0n) is 16.4. The molecule has 27 heavy (non-hydrogen) atoms. The number of carbonyl (C=O) groups is 1. The van der Waals surface area contributed by atoms with Gasteiger partial charge in [-0.1, -0.05) is 18.6 Å². The normalized spacial score (nSPS) is 40.6. The van der Waals surface area contributed by atoms with Gasteiger partial charge in [-0.3, -0.25) is 4.79 Å². The Bertz CT molecular complexity index is 709. The van der Waals surface area contributed by atoms with Gasteiger partial charge in [-0.2, -0.15) is 0 Å². The van der Waals surface area contributed by atoms with Crippen LogP contribution in [-0.4, -0.2) is 37.6 Å². The number of fused-ring (bicyclic) bond motifs is 3. The smallest absolute Gasteiger partial charge is 0.248 e. The summed E-state index contributed by atoms with van der Waals surface area (Å²) in [7, 11) is 1.86. The molecule has 0 radical (unpaired) electrons. The highest BCUT2D eigenvalue weighted by atomic mass is 16.5. The average Bonchev–Trinajstić information content (AvgIpc) is 3.27. The van der Waals surface area contributed by atoms with E-state index in [0.717, 1.165) is 36.4 Å². The second-order valence-corrected chi connectivity index (χ2v) is 9.58. The van der Waals surface area contributed by atoms with Crippen LogP contribution in [0.1, 0.15) is 54.4 Å². The number of piperidine rings is 1. The van der Waals surface area contributed by atoms with E-state index < -0.39 is 0 Å². The molecule has 3 aliphatic carbocycles. The lowest BCUT2D eigenvalue weighted by molar-refractivity contribution is -0.170. The quantitative estimate of drug-likeness (QED) is 0.866. The summed E-state index contributed by atoms with van der Waals surface area (Å²) in [5.41, 5.74) is 7.03. The van der Waals surface area contributed by atoms with Gasteiger partial charge in [0.2, 0.25) is 5.91 Å². The van der Waals surface area contributed by atoms with Gasteiger partial charge in [-0.25, -0.2) is 0 Å². The minimum absolute atomic E-state index is 0.266. The molecule has 1 saturated heterocycles. The van der Waals surface area contributed by atoms with Crippen molar-refractivity contribution in [2.45, 2.75) is 44.1 Å². The molecule has 4 atom stereocenters. The summed E-state index contributed by atoms with van der Waals surface area (Å²) in [5.74, 6) is 3.68. The molecule has 146 valence electrons. The van der Waals surface area contributed by atoms with Gasteiger partial charge in [-0.05, 0) is 67.6 Å². The maximum absolute atomic E-state index is 11.7. The van der Waals surface area contributed by atoms with Crippen LogP contribution in [0.25, 0.3) is 0 Å². The van der Waals surface area contributed by atoms with Gasteiger partial charge in [-0.15, -0.1) is 0 Å². The van der Waals surface area contributed by atoms with E-state index in [1.165, 1.54) is 45.1 Å². The van der Waals surface area contributed by atoms with Crippen LogP contribution >= 0.6 is 0 Å². The molecule has 2 N–H and O–H groups in total. The van der Waals surface area contributed by atoms with Crippen LogP contribution in [0.2, 0.25) is 0 Å². The number of primary amides is 1. The van der Waals surface area contributed by atoms with E-state index in [4.69, 9.17) is 10.5 Å². The Labute approximate surface area is 162 Å². The number of rotatable bonds is 5. The molecule has 0 aromatic heterocycles. The van der Waals surface area contributed by atoms with Crippen LogP contribution in [0.15, 0.2) is 24.3 Å². The number of benzene rings is 1. The molecule has 1 aromatic carbocycles. The van der Waals surface area contributed by atoms with Crippen molar-refractivity contribution in [3.05, 3.63) is 35.4 Å². The van der Waals surface area contributed by atoms with Crippen molar-refractivity contribution in [3.63, 3.8) is 0 Å². The molecule has 0 spiro atoms. The molecular formula is C23H32N2O2. The number of likely N-dealkylation sites (tertiary alicyclic amines) is 1. The summed E-state index contributed by atoms with van der Waals surface area (Å²) in [4.78, 5) is 14.5. The lowest BCUT2D eigenvalue weighted by Gasteiger charge is -2.55. The number of hydrogen-bond acceptors (Lipinski definition) is 3. The van der Waals surface area contributed by atoms with Crippen LogP contribution in [-0.2, 0) is 10.3 Å². The van der Waals surface area contributed by atoms with E-state index in [0.29, 0.717) is 17.4 Å². The van der Waals surface area contributed by atoms with Crippen LogP contribution in [0.3, 0.4) is 0 Å². The van der Waals surface area contributed by atoms with Gasteiger partial charge in [0.1, 0.15) is 5.60 Å². The number of carbonyl (C=O) groups excluding carboxylic acids is 1. The fourth-order valence-electron chi connectivity index (χ4n) is 6.87. The highest BCUT2D eigenvalue weighted by Crippen LogP contribution is 2.55. The summed E-state index contributed by atoms with van der Waals surface area (Å²) in [6.45, 7) is 3.52. The van der Waals surface area contributed by atoms with Gasteiger partial charge >= 0.3 is 0 Å². The minimum Gasteiger partial charge on any atom is -0.373 e. The SMILES string of the molecule is COC1(c2cccc(C(N)=O)c2)C2CCCC1CN(CC1CC3CC3C1)C2. The van der Waals surface area contributed by atoms with Crippen molar-refractivity contribution < 1.29 is 9.53 Å². The Hall–Kier alpha value is -1.39. The monoisotopic (exact) mass is 368 g/mol. The molecule has 5 rings (SSSR count). The number of methoxy groups -OCH3 is 1. The van der Waals surface area contributed by atoms with Crippen molar-refractivity contribution in [3.8, 4) is 0 Å². The van der Waals surface area contributed by atoms with Crippen molar-refractivity contribution in [1.29, 1.82) is 0 Å². The molecule has 1 aliphatic heterocycles. The third-order valence-electron chi connectivity index (χ3n) is 8.07. The maximum Gasteiger partial charge on any atom is 0.248 e. The van der Waals surface area contributed by atoms with E-state index in [1.54, 1.807) is 0 Å². The lowest BCUT2D eigenvalue weighted by atomic mass is 9.62. The van der Waals surface area contributed by atoms with Gasteiger partial charge < -0.3 is 15.4 Å². The highest BCUT2D eigenvalue weighted by molar-refractivity contribution is 5.92. The molecule has 4 unspecified atom stereocenters. The fourth-order valence-corrected chi connectivity index (χ4v) is 6.87. The first-order valence-corrected chi connectivity index (χ1v) is 10.8. The molecule has 1 amide bonds. The largest absolute Gasteiger partial charge is 0.373 e. The zero-order valence-corrected chi connectivity index (χ0v) is 16.4. The van der Waals surface area contributed by atoms with E-state index in [1.807, 2.05) is 25.3 Å². The molecule has 4 fully saturated rings. The summed E-state index contributed by atoms with van der Waals surface area (Å²) >= 11 is 0. The number of amides is 1. The van der Waals surface area contributed by atoms with Gasteiger partial charge in [0.15, 0.2) is 0 Å². The average molecular weight is 369 g/mol. The molecule has 1 aromatic rings. The number of nitrogens with two attached hydrogens (primary N) is 1. The van der Waals surface area contributed by atoms with Crippen LogP contribution in [0, 0.1) is 29.6 Å². The summed E-state index contributed by atoms with van der Waals surface area (Å²) < 4.78 is 6.33. The van der Waals surface area contributed by atoms with E-state index in [9.17, 15) is 4.79 Å². The molecule has 3 saturated carbocycles. The summed E-state index contributed by atoms with van der Waals surface area (Å²) in [6.07, 6.45) is 8.14. The topological polar surface area (TPSA) is 55.6 Å². The van der Waals surface area contributed by atoms with Crippen LogP contribution < -0.4 is 5.73 Å². The zero-order chi connectivity index (χ0) is 18.6. The Morgan fingerprint density at radius 3 is 2.52 bits per heavy atom. The Morgan fingerprint density at radius 1 is 1.19 bits per heavy atom. The van der Waals surface area contributed by atoms with Crippen molar-refractivity contribution in [2.24, 2.45) is 35.3 Å². The second kappa shape index (κ2) is 6.59. The van der Waals surface area contributed by atoms with Crippen LogP contribution in [0.4, 0.5) is 0 Å². The minimum atomic E-state index is -0.356. The van der Waals surface area contributed by atoms with E-state index in [2.05, 4.69) is 11.0 Å². The van der Waals surface area contributed by atoms with Crippen molar-refractivity contribution in [1.82, 2.24) is 4.90 Å². The molecule has 4 aliphatic rings. The van der Waals surface area contributed by atoms with Crippen molar-refractivity contribution in [2.75, 3.05) is 26.7 Å². The third-order valence-corrected chi connectivity index (χ3v) is 8.07. The first kappa shape index (κ1) is 17.7. The predicted molar refractivity (Wildman–Crippen MR) is 105 cm³/mol. The Kier molecular flexibility index (Phi) is 4.32. The maximum atomic E-state index is 11.7. The molecular weight excluding hydrogens is 336 g/mol. The van der Waals surface area contributed by atoms with E-state index >= 15 is 0 Å². The summed E-state index contributed by atoms with van der Waals surface area (Å²) in [5, 5.41) is 0. The molecule has 4 nitrogen and oxygen atoms in total. The first-order valence-electron chi connectivity index (χ1n) is 10.8. The standard InChI is InChI=1S/C23H32N2O2/c1-27-23(19-5-2-4-16(11-19)22(24)26)20-6-3-7-21(23)14-25(13-20)12-15-8-17-10-18(17)9-15/h2,4-5,11,15,17-18,20-21H,3,6-10,12-14H2,1H3,(H2,24,26). The first-order chi connectivity index (χ1) is 13.1. The van der Waals surface area contributed by atoms with Gasteiger partial charge in [0.25, 0.3) is 0 Å². The fraction of sp³-hybridized carbons (Fsp3) is 0.696. The Balaban J connectivity index is 1.40. The van der Waals surface area contributed by atoms with Crippen LogP contribution in [0.5, 0.6) is 0 Å². The summed E-state index contributed by atoms with van der Waals surface area (Å²) in [6, 6.07) is 7.90. The molecule has 2 bridgehead atoms. The highest BCUT2D eigenvalue weighted by Gasteiger charge is 2.54. The second-order valence-electron chi connectivity index (χ2n) is 9.58. The van der Waals surface area contributed by atoms with Gasteiger partial charge in [0.05, 0.1) is 0 Å². The number of nitrogens with zero attached hydrogens (tertiary/aromatic N) is 1. The number of hydrogen-bond donors (Lipinski definition) is 1. The van der Waals surface area contributed by atoms with E-state index in [-0.39, 0.29) is 11.5 Å². The number of ether oxygens (including phenoxy) is 1. The van der Waals surface area contributed by atoms with Crippen molar-refractivity contribution >= 4 is 5.91 Å². The lowest BCUT2D eigenvalue weighted by Crippen LogP contribution is -2.59.